The lowest BCUT2D eigenvalue weighted by Crippen LogP contribution is -2.65. The second-order valence-corrected chi connectivity index (χ2v) is 14.8. The van der Waals surface area contributed by atoms with Gasteiger partial charge in [0.15, 0.2) is 0 Å². The predicted octanol–water partition coefficient (Wildman–Crippen LogP) is 7.28. The summed E-state index contributed by atoms with van der Waals surface area (Å²) in [6, 6.07) is 0. The van der Waals surface area contributed by atoms with Gasteiger partial charge in [-0.3, -0.25) is 9.59 Å². The first kappa shape index (κ1) is 27.7. The highest BCUT2D eigenvalue weighted by Crippen LogP contribution is 2.74. The number of hydrogen-bond donors (Lipinski definition) is 0. The molecular weight excluding hydrogens is 488 g/mol. The molecule has 0 aromatic carbocycles. The van der Waals surface area contributed by atoms with Crippen molar-refractivity contribution in [3.63, 3.8) is 0 Å². The largest absolute Gasteiger partial charge is 0.462 e. The second kappa shape index (κ2) is 9.98. The van der Waals surface area contributed by atoms with Crippen LogP contribution in [0.4, 0.5) is 0 Å². The highest BCUT2D eigenvalue weighted by Gasteiger charge is 2.77. The summed E-state index contributed by atoms with van der Waals surface area (Å²) >= 11 is 7.64. The molecule has 1 saturated heterocycles. The Morgan fingerprint density at radius 3 is 2.38 bits per heavy atom. The number of halogens is 1. The zero-order chi connectivity index (χ0) is 26.8. The van der Waals surface area contributed by atoms with Crippen LogP contribution in [0.25, 0.3) is 0 Å². The minimum absolute atomic E-state index is 0.178. The number of carbonyl (C=O) groups excluding carboxylic acids is 2. The molecule has 5 fully saturated rings. The highest BCUT2D eigenvalue weighted by molar-refractivity contribution is 6.25. The fourth-order valence-corrected chi connectivity index (χ4v) is 11.0. The van der Waals surface area contributed by atoms with Crippen molar-refractivity contribution in [1.29, 1.82) is 0 Å². The molecule has 0 radical (unpaired) electrons. The third-order valence-corrected chi connectivity index (χ3v) is 12.5. The Morgan fingerprint density at radius 2 is 1.70 bits per heavy atom. The maximum absolute atomic E-state index is 12.2. The Balaban J connectivity index is 1.41. The first-order valence-corrected chi connectivity index (χ1v) is 15.5. The molecule has 4 aliphatic carbocycles. The monoisotopic (exact) mass is 536 g/mol. The molecule has 5 rings (SSSR count). The average molecular weight is 537 g/mol. The Hall–Kier alpha value is -0.810. The topological polar surface area (TPSA) is 61.8 Å². The lowest BCUT2D eigenvalue weighted by atomic mass is 9.43. The summed E-state index contributed by atoms with van der Waals surface area (Å²) in [5.41, 5.74) is -0.0422. The molecule has 5 aliphatic rings. The van der Waals surface area contributed by atoms with E-state index < -0.39 is 16.6 Å². The van der Waals surface area contributed by atoms with Gasteiger partial charge in [0.05, 0.1) is 16.4 Å². The summed E-state index contributed by atoms with van der Waals surface area (Å²) < 4.78 is 18.2. The Kier molecular flexibility index (Phi) is 7.49. The molecule has 0 aromatic rings. The van der Waals surface area contributed by atoms with Gasteiger partial charge in [0.2, 0.25) is 6.29 Å². The smallest absolute Gasteiger partial charge is 0.304 e. The molecule has 4 saturated carbocycles. The van der Waals surface area contributed by atoms with Crippen molar-refractivity contribution in [1.82, 2.24) is 0 Å². The van der Waals surface area contributed by atoms with Crippen LogP contribution in [0.2, 0.25) is 0 Å². The van der Waals surface area contributed by atoms with Crippen molar-refractivity contribution in [2.24, 2.45) is 46.3 Å². The molecule has 5 nitrogen and oxygen atoms in total. The molecular formula is C31H49ClO5. The van der Waals surface area contributed by atoms with Crippen LogP contribution in [0, 0.1) is 46.3 Å². The van der Waals surface area contributed by atoms with Crippen LogP contribution in [0.5, 0.6) is 0 Å². The van der Waals surface area contributed by atoms with Gasteiger partial charge >= 0.3 is 11.9 Å². The number of rotatable bonds is 7. The lowest BCUT2D eigenvalue weighted by Gasteiger charge is -2.62. The molecule has 1 aliphatic heterocycles. The fraction of sp³-hybridized carbons (Fsp3) is 0.935. The first-order valence-electron chi connectivity index (χ1n) is 15.1. The Morgan fingerprint density at radius 1 is 0.973 bits per heavy atom. The SMILES string of the molecule is CC(=O)O[C@@H]1CC[C@@]23[C@H](OC(C)=O)O[C@@H](C[C@@H]4[C@@H]5CC[C@H]([C@H](C)CCCC(C)C)[C@@]5(C)CC[C@@H]42)[C@@]3(Cl)C1. The highest BCUT2D eigenvalue weighted by atomic mass is 35.5. The maximum atomic E-state index is 12.2. The number of alkyl halides is 1. The van der Waals surface area contributed by atoms with Gasteiger partial charge in [0.25, 0.3) is 0 Å². The molecule has 6 heteroatoms. The molecule has 0 spiro atoms. The minimum atomic E-state index is -0.664. The third kappa shape index (κ3) is 4.37. The van der Waals surface area contributed by atoms with Gasteiger partial charge in [0, 0.05) is 20.3 Å². The average Bonchev–Trinajstić information content (AvgIpc) is 3.20. The summed E-state index contributed by atoms with van der Waals surface area (Å²) in [7, 11) is 0. The van der Waals surface area contributed by atoms with Gasteiger partial charge in [-0.25, -0.2) is 0 Å². The van der Waals surface area contributed by atoms with Crippen molar-refractivity contribution < 1.29 is 23.8 Å². The normalized spacial score (nSPS) is 47.1. The van der Waals surface area contributed by atoms with Crippen molar-refractivity contribution in [3.05, 3.63) is 0 Å². The second-order valence-electron chi connectivity index (χ2n) is 14.1. The van der Waals surface area contributed by atoms with E-state index >= 15 is 0 Å². The molecule has 0 amide bonds. The molecule has 210 valence electrons. The minimum Gasteiger partial charge on any atom is -0.462 e. The van der Waals surface area contributed by atoms with Gasteiger partial charge in [-0.2, -0.15) is 0 Å². The van der Waals surface area contributed by atoms with Crippen LogP contribution in [-0.2, 0) is 23.8 Å². The van der Waals surface area contributed by atoms with E-state index in [0.29, 0.717) is 29.6 Å². The molecule has 1 heterocycles. The van der Waals surface area contributed by atoms with Crippen LogP contribution >= 0.6 is 11.6 Å². The quantitative estimate of drug-likeness (QED) is 0.253. The number of fused-ring (bicyclic) bond motifs is 3. The van der Waals surface area contributed by atoms with Crippen molar-refractivity contribution in [3.8, 4) is 0 Å². The molecule has 0 aromatic heterocycles. The summed E-state index contributed by atoms with van der Waals surface area (Å²) in [5, 5.41) is 0. The van der Waals surface area contributed by atoms with Gasteiger partial charge in [-0.05, 0) is 85.9 Å². The Bertz CT molecular complexity index is 891. The van der Waals surface area contributed by atoms with Crippen LogP contribution in [0.3, 0.4) is 0 Å². The zero-order valence-corrected chi connectivity index (χ0v) is 24.6. The fourth-order valence-electron chi connectivity index (χ4n) is 10.4. The summed E-state index contributed by atoms with van der Waals surface area (Å²) in [6.07, 6.45) is 11.0. The summed E-state index contributed by atoms with van der Waals surface area (Å²) in [6.45, 7) is 12.7. The molecule has 37 heavy (non-hydrogen) atoms. The van der Waals surface area contributed by atoms with Gasteiger partial charge in [0.1, 0.15) is 6.10 Å². The van der Waals surface area contributed by atoms with E-state index in [0.717, 1.165) is 43.4 Å². The van der Waals surface area contributed by atoms with Crippen LogP contribution in [0.15, 0.2) is 0 Å². The number of ether oxygens (including phenoxy) is 3. The summed E-state index contributed by atoms with van der Waals surface area (Å²) in [4.78, 5) is 23.3. The predicted molar refractivity (Wildman–Crippen MR) is 144 cm³/mol. The van der Waals surface area contributed by atoms with Crippen molar-refractivity contribution in [2.75, 3.05) is 0 Å². The van der Waals surface area contributed by atoms with E-state index in [4.69, 9.17) is 25.8 Å². The van der Waals surface area contributed by atoms with E-state index in [2.05, 4.69) is 27.7 Å². The number of esters is 2. The molecule has 2 bridgehead atoms. The van der Waals surface area contributed by atoms with E-state index in [-0.39, 0.29) is 24.1 Å². The van der Waals surface area contributed by atoms with Crippen molar-refractivity contribution in [2.45, 2.75) is 136 Å². The van der Waals surface area contributed by atoms with E-state index in [9.17, 15) is 9.59 Å². The molecule has 0 N–H and O–H groups in total. The standard InChI is InChI=1S/C31H49ClO5/c1-18(2)8-7-9-19(3)24-10-11-25-23-16-27-31(32)17-22(35-20(4)33)12-15-30(31,28(37-27)36-21(5)34)26(23)13-14-29(24,25)6/h18-19,22-28H,7-17H2,1-6H3/t19-,22-,23-,24-,25+,26+,27+,28-,29-,30+,31+/m1/s1. The van der Waals surface area contributed by atoms with Gasteiger partial charge < -0.3 is 14.2 Å². The van der Waals surface area contributed by atoms with E-state index in [1.807, 2.05) is 0 Å². The Labute approximate surface area is 229 Å². The van der Waals surface area contributed by atoms with Crippen LogP contribution < -0.4 is 0 Å². The van der Waals surface area contributed by atoms with Gasteiger partial charge in [-0.1, -0.05) is 47.0 Å². The van der Waals surface area contributed by atoms with Crippen molar-refractivity contribution >= 4 is 23.5 Å². The van der Waals surface area contributed by atoms with Crippen LogP contribution in [0.1, 0.15) is 112 Å². The lowest BCUT2D eigenvalue weighted by molar-refractivity contribution is -0.203. The third-order valence-electron chi connectivity index (χ3n) is 11.8. The molecule has 0 unspecified atom stereocenters. The first-order chi connectivity index (χ1) is 17.4. The number of hydrogen-bond acceptors (Lipinski definition) is 5. The van der Waals surface area contributed by atoms with E-state index in [1.165, 1.54) is 52.4 Å². The van der Waals surface area contributed by atoms with E-state index in [1.54, 1.807) is 0 Å². The summed E-state index contributed by atoms with van der Waals surface area (Å²) in [5.74, 6) is 3.37. The molecule has 11 atom stereocenters. The van der Waals surface area contributed by atoms with Crippen LogP contribution in [-0.4, -0.2) is 35.3 Å². The van der Waals surface area contributed by atoms with Gasteiger partial charge in [-0.15, -0.1) is 11.6 Å². The maximum Gasteiger partial charge on any atom is 0.304 e. The zero-order valence-electron chi connectivity index (χ0n) is 23.9. The number of carbonyl (C=O) groups is 2.